The highest BCUT2D eigenvalue weighted by atomic mass is 19.4. The second-order valence-corrected chi connectivity index (χ2v) is 5.89. The number of amides is 3. The minimum Gasteiger partial charge on any atom is -0.449 e. The Morgan fingerprint density at radius 3 is 2.10 bits per heavy atom. The van der Waals surface area contributed by atoms with E-state index in [1.54, 1.807) is 6.07 Å². The lowest BCUT2D eigenvalue weighted by Gasteiger charge is -2.34. The largest absolute Gasteiger partial charge is 0.449 e. The molecule has 1 aliphatic heterocycles. The summed E-state index contributed by atoms with van der Waals surface area (Å²) in [5.41, 5.74) is -4.54. The number of ether oxygens (including phenoxy) is 1. The number of imide groups is 1. The van der Waals surface area contributed by atoms with E-state index in [0.29, 0.717) is 12.1 Å². The molecule has 12 heteroatoms. The highest BCUT2D eigenvalue weighted by molar-refractivity contribution is 5.94. The van der Waals surface area contributed by atoms with Crippen LogP contribution in [0.2, 0.25) is 0 Å². The number of carbonyl (C=O) groups is 2. The molecular formula is C17H13F6N3O3. The molecule has 1 atom stereocenters. The Morgan fingerprint density at radius 2 is 1.69 bits per heavy atom. The van der Waals surface area contributed by atoms with Crippen molar-refractivity contribution in [2.24, 2.45) is 0 Å². The molecule has 1 aliphatic rings. The summed E-state index contributed by atoms with van der Waals surface area (Å²) in [4.78, 5) is 24.7. The Bertz CT molecular complexity index is 882. The summed E-state index contributed by atoms with van der Waals surface area (Å²) in [7, 11) is 0. The first-order chi connectivity index (χ1) is 13.3. The van der Waals surface area contributed by atoms with E-state index in [2.05, 4.69) is 10.1 Å². The normalized spacial score (nSPS) is 17.7. The lowest BCUT2D eigenvalue weighted by Crippen LogP contribution is -2.50. The fourth-order valence-electron chi connectivity index (χ4n) is 2.72. The molecule has 0 spiro atoms. The Hall–Kier alpha value is -3.23. The number of nitriles is 1. The number of alkyl halides is 6. The summed E-state index contributed by atoms with van der Waals surface area (Å²) in [5.74, 6) is 0. The third kappa shape index (κ3) is 4.44. The minimum absolute atomic E-state index is 0.0935. The van der Waals surface area contributed by atoms with Gasteiger partial charge in [-0.15, -0.1) is 0 Å². The third-order valence-corrected chi connectivity index (χ3v) is 3.96. The second-order valence-electron chi connectivity index (χ2n) is 5.89. The van der Waals surface area contributed by atoms with Crippen molar-refractivity contribution in [3.63, 3.8) is 0 Å². The highest BCUT2D eigenvalue weighted by Gasteiger charge is 2.43. The van der Waals surface area contributed by atoms with Gasteiger partial charge >= 0.3 is 24.5 Å². The number of benzene rings is 1. The van der Waals surface area contributed by atoms with Crippen LogP contribution in [0.25, 0.3) is 0 Å². The van der Waals surface area contributed by atoms with Crippen LogP contribution in [0, 0.1) is 11.3 Å². The Morgan fingerprint density at radius 1 is 1.17 bits per heavy atom. The number of nitrogens with one attached hydrogen (secondary N) is 1. The molecule has 156 valence electrons. The molecule has 0 aromatic heterocycles. The van der Waals surface area contributed by atoms with E-state index in [1.807, 2.05) is 0 Å². The van der Waals surface area contributed by atoms with Gasteiger partial charge in [-0.25, -0.2) is 14.5 Å². The van der Waals surface area contributed by atoms with Crippen LogP contribution in [0.5, 0.6) is 0 Å². The Kier molecular flexibility index (Phi) is 5.82. The molecule has 0 fully saturated rings. The number of allylic oxidation sites excluding steroid dienone is 1. The van der Waals surface area contributed by atoms with E-state index in [9.17, 15) is 41.2 Å². The summed E-state index contributed by atoms with van der Waals surface area (Å²) in [6.07, 6.45) is -11.6. The van der Waals surface area contributed by atoms with Crippen molar-refractivity contribution in [3.05, 3.63) is 46.2 Å². The maximum Gasteiger partial charge on any atom is 0.418 e. The van der Waals surface area contributed by atoms with Crippen LogP contribution in [0.15, 0.2) is 29.5 Å². The summed E-state index contributed by atoms with van der Waals surface area (Å²) in [5, 5.41) is 11.5. The van der Waals surface area contributed by atoms with Crippen molar-refractivity contribution in [2.45, 2.75) is 32.2 Å². The molecule has 2 rings (SSSR count). The van der Waals surface area contributed by atoms with Crippen LogP contribution in [0.1, 0.15) is 36.6 Å². The summed E-state index contributed by atoms with van der Waals surface area (Å²) in [6, 6.07) is -0.755. The lowest BCUT2D eigenvalue weighted by molar-refractivity contribution is -0.143. The Balaban J connectivity index is 2.81. The quantitative estimate of drug-likeness (QED) is 0.699. The Labute approximate surface area is 160 Å². The van der Waals surface area contributed by atoms with Gasteiger partial charge in [-0.05, 0) is 37.6 Å². The summed E-state index contributed by atoms with van der Waals surface area (Å²) >= 11 is 0. The van der Waals surface area contributed by atoms with Crippen LogP contribution in [-0.2, 0) is 17.1 Å². The topological polar surface area (TPSA) is 82.4 Å². The predicted molar refractivity (Wildman–Crippen MR) is 84.9 cm³/mol. The number of carbonyl (C=O) groups excluding carboxylic acids is 2. The maximum atomic E-state index is 13.2. The van der Waals surface area contributed by atoms with Crippen molar-refractivity contribution in [1.29, 1.82) is 5.26 Å². The first-order valence-corrected chi connectivity index (χ1v) is 7.98. The van der Waals surface area contributed by atoms with Gasteiger partial charge < -0.3 is 10.1 Å². The summed E-state index contributed by atoms with van der Waals surface area (Å²) in [6.45, 7) is 2.38. The first kappa shape index (κ1) is 22.1. The van der Waals surface area contributed by atoms with Gasteiger partial charge in [0.1, 0.15) is 6.04 Å². The van der Waals surface area contributed by atoms with Crippen molar-refractivity contribution in [1.82, 2.24) is 10.2 Å². The van der Waals surface area contributed by atoms with Gasteiger partial charge in [0.05, 0.1) is 29.4 Å². The molecule has 0 saturated carbocycles. The van der Waals surface area contributed by atoms with Crippen LogP contribution in [-0.4, -0.2) is 23.6 Å². The fraction of sp³-hybridized carbons (Fsp3) is 0.353. The van der Waals surface area contributed by atoms with E-state index < -0.39 is 52.8 Å². The van der Waals surface area contributed by atoms with Gasteiger partial charge in [0, 0.05) is 5.70 Å². The zero-order chi connectivity index (χ0) is 22.1. The maximum absolute atomic E-state index is 13.2. The van der Waals surface area contributed by atoms with Gasteiger partial charge in [0.15, 0.2) is 0 Å². The molecule has 1 aromatic carbocycles. The number of hydrogen-bond donors (Lipinski definition) is 1. The van der Waals surface area contributed by atoms with Crippen LogP contribution in [0.3, 0.4) is 0 Å². The van der Waals surface area contributed by atoms with Crippen molar-refractivity contribution in [2.75, 3.05) is 6.61 Å². The molecular weight excluding hydrogens is 408 g/mol. The molecule has 1 aromatic rings. The second kappa shape index (κ2) is 7.65. The third-order valence-electron chi connectivity index (χ3n) is 3.96. The number of nitrogens with zero attached hydrogens (tertiary/aromatic N) is 2. The van der Waals surface area contributed by atoms with Crippen molar-refractivity contribution < 1.29 is 40.7 Å². The van der Waals surface area contributed by atoms with Crippen molar-refractivity contribution in [3.8, 4) is 6.07 Å². The molecule has 1 N–H and O–H groups in total. The molecule has 0 radical (unpaired) electrons. The standard InChI is InChI=1S/C17H13F6N3O3/c1-3-29-15(28)26-13(12(7-24)8(2)25-14(26)27)9-4-10(16(18,19)20)6-11(5-9)17(21,22)23/h4-6,13H,3H2,1-2H3,(H,25,27). The number of hydrogen-bond acceptors (Lipinski definition) is 4. The molecule has 0 bridgehead atoms. The number of halogens is 6. The molecule has 0 aliphatic carbocycles. The van der Waals surface area contributed by atoms with Gasteiger partial charge in [-0.2, -0.15) is 31.6 Å². The highest BCUT2D eigenvalue weighted by Crippen LogP contribution is 2.41. The average Bonchev–Trinajstić information content (AvgIpc) is 2.59. The van der Waals surface area contributed by atoms with E-state index in [1.165, 1.54) is 13.8 Å². The zero-order valence-electron chi connectivity index (χ0n) is 14.9. The van der Waals surface area contributed by atoms with Crippen LogP contribution < -0.4 is 5.32 Å². The van der Waals surface area contributed by atoms with E-state index >= 15 is 0 Å². The molecule has 1 unspecified atom stereocenters. The van der Waals surface area contributed by atoms with Gasteiger partial charge in [0.2, 0.25) is 0 Å². The molecule has 29 heavy (non-hydrogen) atoms. The molecule has 3 amide bonds. The minimum atomic E-state index is -5.15. The zero-order valence-corrected chi connectivity index (χ0v) is 14.9. The molecule has 0 saturated heterocycles. The van der Waals surface area contributed by atoms with E-state index in [-0.39, 0.29) is 23.3 Å². The van der Waals surface area contributed by atoms with Gasteiger partial charge in [0.25, 0.3) is 0 Å². The van der Waals surface area contributed by atoms with Crippen LogP contribution in [0.4, 0.5) is 35.9 Å². The number of urea groups is 1. The first-order valence-electron chi connectivity index (χ1n) is 7.98. The predicted octanol–water partition coefficient (Wildman–Crippen LogP) is 4.74. The van der Waals surface area contributed by atoms with Gasteiger partial charge in [-0.3, -0.25) is 0 Å². The number of rotatable bonds is 2. The monoisotopic (exact) mass is 421 g/mol. The van der Waals surface area contributed by atoms with E-state index in [0.717, 1.165) is 0 Å². The van der Waals surface area contributed by atoms with Gasteiger partial charge in [-0.1, -0.05) is 0 Å². The fourth-order valence-corrected chi connectivity index (χ4v) is 2.72. The van der Waals surface area contributed by atoms with Crippen LogP contribution >= 0.6 is 0 Å². The van der Waals surface area contributed by atoms with E-state index in [4.69, 9.17) is 0 Å². The summed E-state index contributed by atoms with van der Waals surface area (Å²) < 4.78 is 83.8. The lowest BCUT2D eigenvalue weighted by atomic mass is 9.92. The molecule has 1 heterocycles. The average molecular weight is 421 g/mol. The van der Waals surface area contributed by atoms with Crippen molar-refractivity contribution >= 4 is 12.1 Å². The smallest absolute Gasteiger partial charge is 0.418 e. The molecule has 6 nitrogen and oxygen atoms in total. The SMILES string of the molecule is CCOC(=O)N1C(=O)NC(C)=C(C#N)C1c1cc(C(F)(F)F)cc(C(F)(F)F)c1.